The van der Waals surface area contributed by atoms with E-state index in [-0.39, 0.29) is 12.6 Å². The number of nitrogens with zero attached hydrogens (tertiary/aromatic N) is 4. The molecule has 1 unspecified atom stereocenters. The topological polar surface area (TPSA) is 91.2 Å². The lowest BCUT2D eigenvalue weighted by Gasteiger charge is -2.27. The molecular formula is C22H23N5O3. The summed E-state index contributed by atoms with van der Waals surface area (Å²) in [4.78, 5) is 21.6. The molecular weight excluding hydrogens is 382 g/mol. The number of allylic oxidation sites excluding steroid dienone is 1. The summed E-state index contributed by atoms with van der Waals surface area (Å²) in [6, 6.07) is 10.9. The third-order valence-electron chi connectivity index (χ3n) is 4.77. The first kappa shape index (κ1) is 19.6. The van der Waals surface area contributed by atoms with Crippen molar-refractivity contribution in [2.24, 2.45) is 0 Å². The number of esters is 1. The van der Waals surface area contributed by atoms with Crippen molar-refractivity contribution in [3.8, 4) is 17.1 Å². The molecule has 154 valence electrons. The van der Waals surface area contributed by atoms with Gasteiger partial charge in [0, 0.05) is 23.7 Å². The number of carbonyl (C=O) groups is 1. The van der Waals surface area contributed by atoms with Crippen molar-refractivity contribution in [1.82, 2.24) is 19.7 Å². The van der Waals surface area contributed by atoms with E-state index in [0.29, 0.717) is 29.6 Å². The maximum absolute atomic E-state index is 12.8. The minimum absolute atomic E-state index is 0.289. The van der Waals surface area contributed by atoms with Gasteiger partial charge in [-0.3, -0.25) is 4.98 Å². The van der Waals surface area contributed by atoms with Crippen LogP contribution in [0.1, 0.15) is 32.4 Å². The van der Waals surface area contributed by atoms with E-state index in [1.54, 1.807) is 24.0 Å². The Morgan fingerprint density at radius 3 is 2.63 bits per heavy atom. The Morgan fingerprint density at radius 2 is 1.97 bits per heavy atom. The van der Waals surface area contributed by atoms with Crippen LogP contribution < -0.4 is 10.1 Å². The normalized spacial score (nSPS) is 15.4. The third-order valence-corrected chi connectivity index (χ3v) is 4.77. The van der Waals surface area contributed by atoms with E-state index in [2.05, 4.69) is 15.3 Å². The van der Waals surface area contributed by atoms with Crippen molar-refractivity contribution in [1.29, 1.82) is 0 Å². The van der Waals surface area contributed by atoms with Gasteiger partial charge in [0.2, 0.25) is 5.95 Å². The van der Waals surface area contributed by atoms with Gasteiger partial charge in [-0.15, -0.1) is 5.10 Å². The fourth-order valence-corrected chi connectivity index (χ4v) is 3.46. The van der Waals surface area contributed by atoms with Crippen LogP contribution in [0.15, 0.2) is 60.1 Å². The number of pyridine rings is 1. The van der Waals surface area contributed by atoms with Crippen LogP contribution >= 0.6 is 0 Å². The van der Waals surface area contributed by atoms with Gasteiger partial charge in [0.1, 0.15) is 11.8 Å². The standard InChI is InChI=1S/C22H23N5O3/c1-4-29-17-10-8-15(9-11-17)20-25-22-24-14(3)18(21(28)30-5-2)19(27(22)26-20)16-7-6-12-23-13-16/h6-13,19H,4-5H2,1-3H3,(H,24,25,26). The average molecular weight is 405 g/mol. The molecule has 3 heterocycles. The van der Waals surface area contributed by atoms with Crippen LogP contribution in [-0.2, 0) is 9.53 Å². The van der Waals surface area contributed by atoms with Crippen LogP contribution in [0.4, 0.5) is 5.95 Å². The molecule has 1 N–H and O–H groups in total. The molecule has 0 bridgehead atoms. The molecule has 0 spiro atoms. The summed E-state index contributed by atoms with van der Waals surface area (Å²) >= 11 is 0. The van der Waals surface area contributed by atoms with Gasteiger partial charge in [-0.25, -0.2) is 9.48 Å². The van der Waals surface area contributed by atoms with E-state index in [4.69, 9.17) is 14.6 Å². The largest absolute Gasteiger partial charge is 0.494 e. The number of nitrogens with one attached hydrogen (secondary N) is 1. The highest BCUT2D eigenvalue weighted by Crippen LogP contribution is 2.36. The maximum Gasteiger partial charge on any atom is 0.338 e. The Balaban J connectivity index is 1.78. The molecule has 0 aliphatic carbocycles. The minimum atomic E-state index is -0.488. The van der Waals surface area contributed by atoms with Crippen molar-refractivity contribution in [3.63, 3.8) is 0 Å². The average Bonchev–Trinajstić information content (AvgIpc) is 3.17. The van der Waals surface area contributed by atoms with Crippen LogP contribution in [0.2, 0.25) is 0 Å². The molecule has 0 saturated heterocycles. The highest BCUT2D eigenvalue weighted by molar-refractivity contribution is 5.92. The van der Waals surface area contributed by atoms with Crippen molar-refractivity contribution in [3.05, 3.63) is 65.6 Å². The van der Waals surface area contributed by atoms with E-state index in [9.17, 15) is 4.79 Å². The van der Waals surface area contributed by atoms with E-state index < -0.39 is 6.04 Å². The van der Waals surface area contributed by atoms with E-state index in [1.165, 1.54) is 0 Å². The second kappa shape index (κ2) is 8.36. The summed E-state index contributed by atoms with van der Waals surface area (Å²) in [5.41, 5.74) is 2.84. The van der Waals surface area contributed by atoms with Crippen LogP contribution in [0, 0.1) is 0 Å². The molecule has 8 nitrogen and oxygen atoms in total. The molecule has 1 atom stereocenters. The summed E-state index contributed by atoms with van der Waals surface area (Å²) in [6.07, 6.45) is 3.42. The molecule has 8 heteroatoms. The molecule has 2 aromatic heterocycles. The van der Waals surface area contributed by atoms with Crippen LogP contribution in [0.25, 0.3) is 11.4 Å². The number of rotatable bonds is 6. The van der Waals surface area contributed by atoms with Gasteiger partial charge in [-0.2, -0.15) is 4.98 Å². The van der Waals surface area contributed by atoms with Crippen LogP contribution in [0.3, 0.4) is 0 Å². The highest BCUT2D eigenvalue weighted by Gasteiger charge is 2.35. The fourth-order valence-electron chi connectivity index (χ4n) is 3.46. The number of fused-ring (bicyclic) bond motifs is 1. The quantitative estimate of drug-likeness (QED) is 0.627. The lowest BCUT2D eigenvalue weighted by atomic mass is 9.97. The van der Waals surface area contributed by atoms with Crippen LogP contribution in [0.5, 0.6) is 5.75 Å². The summed E-state index contributed by atoms with van der Waals surface area (Å²) in [6.45, 7) is 6.46. The first-order valence-corrected chi connectivity index (χ1v) is 9.87. The zero-order valence-corrected chi connectivity index (χ0v) is 17.1. The molecule has 4 rings (SSSR count). The Bertz CT molecular complexity index is 1070. The van der Waals surface area contributed by atoms with Gasteiger partial charge in [0.05, 0.1) is 18.8 Å². The second-order valence-electron chi connectivity index (χ2n) is 6.73. The number of benzene rings is 1. The summed E-state index contributed by atoms with van der Waals surface area (Å²) in [7, 11) is 0. The van der Waals surface area contributed by atoms with E-state index in [0.717, 1.165) is 16.9 Å². The predicted octanol–water partition coefficient (Wildman–Crippen LogP) is 3.59. The molecule has 0 fully saturated rings. The van der Waals surface area contributed by atoms with Crippen molar-refractivity contribution < 1.29 is 14.3 Å². The van der Waals surface area contributed by atoms with Crippen molar-refractivity contribution in [2.75, 3.05) is 18.5 Å². The minimum Gasteiger partial charge on any atom is -0.494 e. The number of anilines is 1. The Kier molecular flexibility index (Phi) is 5.47. The zero-order chi connectivity index (χ0) is 21.1. The van der Waals surface area contributed by atoms with Gasteiger partial charge in [-0.05, 0) is 56.7 Å². The maximum atomic E-state index is 12.8. The van der Waals surface area contributed by atoms with Gasteiger partial charge < -0.3 is 14.8 Å². The molecule has 0 amide bonds. The summed E-state index contributed by atoms with van der Waals surface area (Å²) in [5.74, 6) is 1.50. The Labute approximate surface area is 174 Å². The highest BCUT2D eigenvalue weighted by atomic mass is 16.5. The molecule has 1 aromatic carbocycles. The lowest BCUT2D eigenvalue weighted by Crippen LogP contribution is -2.29. The summed E-state index contributed by atoms with van der Waals surface area (Å²) < 4.78 is 12.5. The van der Waals surface area contributed by atoms with E-state index in [1.807, 2.05) is 50.2 Å². The second-order valence-corrected chi connectivity index (χ2v) is 6.73. The van der Waals surface area contributed by atoms with Crippen molar-refractivity contribution in [2.45, 2.75) is 26.8 Å². The van der Waals surface area contributed by atoms with Gasteiger partial charge in [-0.1, -0.05) is 6.07 Å². The third kappa shape index (κ3) is 3.63. The number of aromatic nitrogens is 4. The Hall–Kier alpha value is -3.68. The number of hydrogen-bond acceptors (Lipinski definition) is 7. The SMILES string of the molecule is CCOC(=O)C1=C(C)Nc2nc(-c3ccc(OCC)cc3)nn2C1c1cccnc1. The van der Waals surface area contributed by atoms with Crippen molar-refractivity contribution >= 4 is 11.9 Å². The van der Waals surface area contributed by atoms with Gasteiger partial charge in [0.15, 0.2) is 5.82 Å². The number of carbonyl (C=O) groups excluding carboxylic acids is 1. The molecule has 30 heavy (non-hydrogen) atoms. The number of ether oxygens (including phenoxy) is 2. The fraction of sp³-hybridized carbons (Fsp3) is 0.273. The summed E-state index contributed by atoms with van der Waals surface area (Å²) in [5, 5.41) is 7.91. The number of hydrogen-bond donors (Lipinski definition) is 1. The lowest BCUT2D eigenvalue weighted by molar-refractivity contribution is -0.139. The molecule has 0 saturated carbocycles. The molecule has 1 aliphatic rings. The smallest absolute Gasteiger partial charge is 0.338 e. The first-order chi connectivity index (χ1) is 14.6. The monoisotopic (exact) mass is 405 g/mol. The Morgan fingerprint density at radius 1 is 1.17 bits per heavy atom. The molecule has 0 radical (unpaired) electrons. The molecule has 1 aliphatic heterocycles. The molecule has 3 aromatic rings. The zero-order valence-electron chi connectivity index (χ0n) is 17.1. The van der Waals surface area contributed by atoms with E-state index >= 15 is 0 Å². The van der Waals surface area contributed by atoms with Gasteiger partial charge in [0.25, 0.3) is 0 Å². The predicted molar refractivity (Wildman–Crippen MR) is 112 cm³/mol. The van der Waals surface area contributed by atoms with Crippen LogP contribution in [-0.4, -0.2) is 38.9 Å². The first-order valence-electron chi connectivity index (χ1n) is 9.87. The van der Waals surface area contributed by atoms with Gasteiger partial charge >= 0.3 is 5.97 Å².